The second kappa shape index (κ2) is 7.08. The second-order valence-corrected chi connectivity index (χ2v) is 5.01. The molecular formula is C15H20N2O4. The number of amides is 1. The first kappa shape index (κ1) is 15.3. The number of hydrogen-bond acceptors (Lipinski definition) is 5. The van der Waals surface area contributed by atoms with Crippen LogP contribution in [0.25, 0.3) is 0 Å². The first-order chi connectivity index (χ1) is 10.1. The number of methoxy groups -OCH3 is 2. The average Bonchev–Trinajstić information content (AvgIpc) is 2.94. The molecule has 1 N–H and O–H groups in total. The van der Waals surface area contributed by atoms with E-state index in [1.54, 1.807) is 25.3 Å². The fourth-order valence-electron chi connectivity index (χ4n) is 2.41. The molecule has 6 nitrogen and oxygen atoms in total. The Hall–Kier alpha value is -2.08. The molecule has 1 amide bonds. The molecule has 1 aromatic carbocycles. The Balaban J connectivity index is 1.87. The first-order valence-electron chi connectivity index (χ1n) is 6.86. The SMILES string of the molecule is COC(=O)NC1CCN(CC(=O)c2cccc(OC)c2)C1. The Bertz CT molecular complexity index is 518. The molecule has 1 heterocycles. The van der Waals surface area contributed by atoms with Crippen LogP contribution in [0.3, 0.4) is 0 Å². The summed E-state index contributed by atoms with van der Waals surface area (Å²) in [5.41, 5.74) is 0.638. The van der Waals surface area contributed by atoms with Crippen LogP contribution in [-0.4, -0.2) is 56.7 Å². The van der Waals surface area contributed by atoms with Gasteiger partial charge in [0.1, 0.15) is 5.75 Å². The van der Waals surface area contributed by atoms with Crippen LogP contribution in [0.15, 0.2) is 24.3 Å². The van der Waals surface area contributed by atoms with Crippen LogP contribution in [0.5, 0.6) is 5.75 Å². The number of ether oxygens (including phenoxy) is 2. The van der Waals surface area contributed by atoms with Gasteiger partial charge in [-0.2, -0.15) is 0 Å². The molecule has 1 aliphatic heterocycles. The number of benzene rings is 1. The molecule has 1 unspecified atom stereocenters. The van der Waals surface area contributed by atoms with Gasteiger partial charge in [0.15, 0.2) is 5.78 Å². The Morgan fingerprint density at radius 1 is 1.38 bits per heavy atom. The average molecular weight is 292 g/mol. The van der Waals surface area contributed by atoms with E-state index in [-0.39, 0.29) is 11.8 Å². The molecule has 0 radical (unpaired) electrons. The van der Waals surface area contributed by atoms with Gasteiger partial charge in [0.2, 0.25) is 0 Å². The normalized spacial score (nSPS) is 18.3. The number of alkyl carbamates (subject to hydrolysis) is 1. The lowest BCUT2D eigenvalue weighted by Crippen LogP contribution is -2.37. The molecule has 21 heavy (non-hydrogen) atoms. The molecule has 0 spiro atoms. The van der Waals surface area contributed by atoms with Crippen LogP contribution in [-0.2, 0) is 4.74 Å². The van der Waals surface area contributed by atoms with Crippen LogP contribution < -0.4 is 10.1 Å². The molecule has 1 saturated heterocycles. The summed E-state index contributed by atoms with van der Waals surface area (Å²) >= 11 is 0. The standard InChI is InChI=1S/C15H20N2O4/c1-20-13-5-3-4-11(8-13)14(18)10-17-7-6-12(9-17)16-15(19)21-2/h3-5,8,12H,6-7,9-10H2,1-2H3,(H,16,19). The molecule has 114 valence electrons. The first-order valence-corrected chi connectivity index (χ1v) is 6.86. The summed E-state index contributed by atoms with van der Waals surface area (Å²) in [7, 11) is 2.92. The quantitative estimate of drug-likeness (QED) is 0.829. The van der Waals surface area contributed by atoms with Crippen molar-refractivity contribution in [1.29, 1.82) is 0 Å². The van der Waals surface area contributed by atoms with Gasteiger partial charge < -0.3 is 14.8 Å². The minimum atomic E-state index is -0.430. The fraction of sp³-hybridized carbons (Fsp3) is 0.467. The highest BCUT2D eigenvalue weighted by Gasteiger charge is 2.25. The van der Waals surface area contributed by atoms with E-state index in [4.69, 9.17) is 4.74 Å². The Labute approximate surface area is 124 Å². The maximum Gasteiger partial charge on any atom is 0.407 e. The van der Waals surface area contributed by atoms with E-state index in [1.807, 2.05) is 11.0 Å². The molecule has 0 aliphatic carbocycles. The number of carbonyl (C=O) groups is 2. The van der Waals surface area contributed by atoms with Gasteiger partial charge in [-0.15, -0.1) is 0 Å². The van der Waals surface area contributed by atoms with Crippen molar-refractivity contribution in [3.63, 3.8) is 0 Å². The molecule has 1 aromatic rings. The second-order valence-electron chi connectivity index (χ2n) is 5.01. The molecule has 1 atom stereocenters. The third-order valence-corrected chi connectivity index (χ3v) is 3.54. The topological polar surface area (TPSA) is 67.9 Å². The molecule has 1 fully saturated rings. The van der Waals surface area contributed by atoms with Crippen molar-refractivity contribution in [3.05, 3.63) is 29.8 Å². The van der Waals surface area contributed by atoms with Crippen LogP contribution in [0.4, 0.5) is 4.79 Å². The zero-order valence-electron chi connectivity index (χ0n) is 12.3. The van der Waals surface area contributed by atoms with Crippen molar-refractivity contribution in [2.75, 3.05) is 33.9 Å². The van der Waals surface area contributed by atoms with Crippen LogP contribution in [0.1, 0.15) is 16.8 Å². The summed E-state index contributed by atoms with van der Waals surface area (Å²) in [6.45, 7) is 1.78. The maximum atomic E-state index is 12.2. The summed E-state index contributed by atoms with van der Waals surface area (Å²) in [6, 6.07) is 7.17. The van der Waals surface area contributed by atoms with E-state index in [0.717, 1.165) is 13.0 Å². The molecule has 0 saturated carbocycles. The van der Waals surface area contributed by atoms with Crippen molar-refractivity contribution >= 4 is 11.9 Å². The van der Waals surface area contributed by atoms with Crippen LogP contribution in [0.2, 0.25) is 0 Å². The molecule has 6 heteroatoms. The highest BCUT2D eigenvalue weighted by atomic mass is 16.5. The lowest BCUT2D eigenvalue weighted by atomic mass is 10.1. The van der Waals surface area contributed by atoms with Crippen molar-refractivity contribution in [2.24, 2.45) is 0 Å². The highest BCUT2D eigenvalue weighted by molar-refractivity contribution is 5.98. The van der Waals surface area contributed by atoms with Gasteiger partial charge >= 0.3 is 6.09 Å². The molecule has 1 aliphatic rings. The third-order valence-electron chi connectivity index (χ3n) is 3.54. The largest absolute Gasteiger partial charge is 0.497 e. The van der Waals surface area contributed by atoms with Gasteiger partial charge in [-0.05, 0) is 18.6 Å². The van der Waals surface area contributed by atoms with Gasteiger partial charge in [0, 0.05) is 24.7 Å². The third kappa shape index (κ3) is 4.19. The van der Waals surface area contributed by atoms with Gasteiger partial charge in [0.05, 0.1) is 20.8 Å². The number of nitrogens with one attached hydrogen (secondary N) is 1. The Morgan fingerprint density at radius 2 is 2.19 bits per heavy atom. The lowest BCUT2D eigenvalue weighted by Gasteiger charge is -2.15. The number of rotatable bonds is 5. The van der Waals surface area contributed by atoms with E-state index < -0.39 is 6.09 Å². The minimum Gasteiger partial charge on any atom is -0.497 e. The summed E-state index contributed by atoms with van der Waals surface area (Å²) in [5.74, 6) is 0.722. The lowest BCUT2D eigenvalue weighted by molar-refractivity contribution is 0.0944. The maximum absolute atomic E-state index is 12.2. The van der Waals surface area contributed by atoms with Crippen LogP contribution in [0, 0.1) is 0 Å². The summed E-state index contributed by atoms with van der Waals surface area (Å²) in [6.07, 6.45) is 0.390. The Kier molecular flexibility index (Phi) is 5.16. The van der Waals surface area contributed by atoms with E-state index in [2.05, 4.69) is 10.1 Å². The number of ketones is 1. The van der Waals surface area contributed by atoms with Crippen molar-refractivity contribution < 1.29 is 19.1 Å². The van der Waals surface area contributed by atoms with Gasteiger partial charge in [-0.25, -0.2) is 4.79 Å². The molecular weight excluding hydrogens is 272 g/mol. The van der Waals surface area contributed by atoms with Crippen molar-refractivity contribution in [2.45, 2.75) is 12.5 Å². The van der Waals surface area contributed by atoms with Gasteiger partial charge in [-0.3, -0.25) is 9.69 Å². The van der Waals surface area contributed by atoms with Gasteiger partial charge in [0.25, 0.3) is 0 Å². The van der Waals surface area contributed by atoms with E-state index in [0.29, 0.717) is 24.4 Å². The predicted octanol–water partition coefficient (Wildman–Crippen LogP) is 1.31. The number of carbonyl (C=O) groups excluding carboxylic acids is 2. The Morgan fingerprint density at radius 3 is 2.90 bits per heavy atom. The zero-order chi connectivity index (χ0) is 15.2. The fourth-order valence-corrected chi connectivity index (χ4v) is 2.41. The summed E-state index contributed by atoms with van der Waals surface area (Å²) in [5, 5.41) is 2.76. The monoisotopic (exact) mass is 292 g/mol. The molecule has 2 rings (SSSR count). The summed E-state index contributed by atoms with van der Waals surface area (Å²) in [4.78, 5) is 25.4. The van der Waals surface area contributed by atoms with Crippen LogP contribution >= 0.6 is 0 Å². The predicted molar refractivity (Wildman–Crippen MR) is 77.7 cm³/mol. The van der Waals surface area contributed by atoms with Crippen molar-refractivity contribution in [1.82, 2.24) is 10.2 Å². The zero-order valence-corrected chi connectivity index (χ0v) is 12.3. The van der Waals surface area contributed by atoms with E-state index >= 15 is 0 Å². The summed E-state index contributed by atoms with van der Waals surface area (Å²) < 4.78 is 9.69. The minimum absolute atomic E-state index is 0.0376. The molecule has 0 aromatic heterocycles. The molecule has 0 bridgehead atoms. The number of hydrogen-bond donors (Lipinski definition) is 1. The number of Topliss-reactive ketones (excluding diaryl/α,β-unsaturated/α-hetero) is 1. The number of nitrogens with zero attached hydrogens (tertiary/aromatic N) is 1. The van der Waals surface area contributed by atoms with Gasteiger partial charge in [-0.1, -0.05) is 12.1 Å². The smallest absolute Gasteiger partial charge is 0.407 e. The van der Waals surface area contributed by atoms with Crippen molar-refractivity contribution in [3.8, 4) is 5.75 Å². The number of likely N-dealkylation sites (tertiary alicyclic amines) is 1. The highest BCUT2D eigenvalue weighted by Crippen LogP contribution is 2.15. The van der Waals surface area contributed by atoms with E-state index in [9.17, 15) is 9.59 Å². The van der Waals surface area contributed by atoms with E-state index in [1.165, 1.54) is 7.11 Å².